The predicted molar refractivity (Wildman–Crippen MR) is 73.7 cm³/mol. The van der Waals surface area contributed by atoms with E-state index in [2.05, 4.69) is 66.2 Å². The van der Waals surface area contributed by atoms with Gasteiger partial charge in [0.15, 0.2) is 0 Å². The molecule has 0 saturated carbocycles. The van der Waals surface area contributed by atoms with Gasteiger partial charge in [-0.15, -0.1) is 0 Å². The quantitative estimate of drug-likeness (QED) is 0.828. The van der Waals surface area contributed by atoms with Gasteiger partial charge in [0.1, 0.15) is 5.82 Å². The maximum Gasteiger partial charge on any atom is 0.128 e. The predicted octanol–water partition coefficient (Wildman–Crippen LogP) is 3.48. The lowest BCUT2D eigenvalue weighted by Crippen LogP contribution is -2.37. The molecule has 18 heavy (non-hydrogen) atoms. The summed E-state index contributed by atoms with van der Waals surface area (Å²) in [6, 6.07) is 11.0. The Labute approximate surface area is 108 Å². The van der Waals surface area contributed by atoms with E-state index in [1.807, 2.05) is 6.20 Å². The zero-order chi connectivity index (χ0) is 12.8. The summed E-state index contributed by atoms with van der Waals surface area (Å²) in [5.41, 5.74) is 2.61. The summed E-state index contributed by atoms with van der Waals surface area (Å²) in [4.78, 5) is 0. The van der Waals surface area contributed by atoms with Crippen molar-refractivity contribution >= 4 is 5.82 Å². The number of nitrogens with one attached hydrogen (secondary N) is 1. The van der Waals surface area contributed by atoms with Gasteiger partial charge in [0.05, 0.1) is 17.8 Å². The molecule has 1 aliphatic rings. The van der Waals surface area contributed by atoms with E-state index >= 15 is 0 Å². The minimum atomic E-state index is 0.0509. The second-order valence-corrected chi connectivity index (χ2v) is 5.71. The molecule has 0 amide bonds. The Morgan fingerprint density at radius 1 is 1.28 bits per heavy atom. The Kier molecular flexibility index (Phi) is 2.44. The average molecular weight is 241 g/mol. The minimum Gasteiger partial charge on any atom is -0.363 e. The number of anilines is 1. The van der Waals surface area contributed by atoms with Crippen LogP contribution in [-0.2, 0) is 5.54 Å². The van der Waals surface area contributed by atoms with E-state index in [1.54, 1.807) is 0 Å². The van der Waals surface area contributed by atoms with Crippen LogP contribution in [0.4, 0.5) is 5.82 Å². The Bertz CT molecular complexity index is 554. The van der Waals surface area contributed by atoms with Crippen LogP contribution in [0.2, 0.25) is 0 Å². The van der Waals surface area contributed by atoms with Crippen LogP contribution in [0.1, 0.15) is 37.4 Å². The number of hydrogen-bond donors (Lipinski definition) is 1. The highest BCUT2D eigenvalue weighted by atomic mass is 15.4. The smallest absolute Gasteiger partial charge is 0.128 e. The summed E-state index contributed by atoms with van der Waals surface area (Å²) in [5.74, 6) is 1.15. The van der Waals surface area contributed by atoms with Crippen molar-refractivity contribution < 1.29 is 0 Å². The molecule has 2 aromatic rings. The van der Waals surface area contributed by atoms with Gasteiger partial charge in [-0.1, -0.05) is 30.3 Å². The monoisotopic (exact) mass is 241 g/mol. The highest BCUT2D eigenvalue weighted by Crippen LogP contribution is 2.39. The molecule has 0 bridgehead atoms. The van der Waals surface area contributed by atoms with Crippen molar-refractivity contribution in [2.24, 2.45) is 0 Å². The Morgan fingerprint density at radius 3 is 2.72 bits per heavy atom. The van der Waals surface area contributed by atoms with E-state index < -0.39 is 0 Å². The fourth-order valence-electron chi connectivity index (χ4n) is 2.75. The summed E-state index contributed by atoms with van der Waals surface area (Å²) in [5, 5.41) is 8.11. The van der Waals surface area contributed by atoms with Crippen molar-refractivity contribution in [3.05, 3.63) is 47.7 Å². The Morgan fingerprint density at radius 2 is 2.00 bits per heavy atom. The van der Waals surface area contributed by atoms with Crippen LogP contribution < -0.4 is 5.32 Å². The maximum atomic E-state index is 4.49. The molecular formula is C15H19N3. The number of aromatic nitrogens is 2. The maximum absolute atomic E-state index is 4.49. The number of rotatable bonds is 1. The lowest BCUT2D eigenvalue weighted by atomic mass is 9.89. The van der Waals surface area contributed by atoms with Crippen molar-refractivity contribution in [3.63, 3.8) is 0 Å². The molecular weight excluding hydrogens is 222 g/mol. The van der Waals surface area contributed by atoms with Crippen LogP contribution in [-0.4, -0.2) is 9.78 Å². The largest absolute Gasteiger partial charge is 0.363 e. The molecule has 1 N–H and O–H groups in total. The second kappa shape index (κ2) is 3.87. The van der Waals surface area contributed by atoms with Gasteiger partial charge < -0.3 is 5.32 Å². The van der Waals surface area contributed by atoms with E-state index in [4.69, 9.17) is 0 Å². The molecule has 1 aromatic heterocycles. The third-order valence-corrected chi connectivity index (χ3v) is 3.74. The standard InChI is InChI=1S/C15H19N3/c1-11-10-16-18-14(11)17-13(9-15(18,2)3)12-7-5-4-6-8-12/h4-8,10,13,17H,9H2,1-3H3. The van der Waals surface area contributed by atoms with Gasteiger partial charge in [-0.05, 0) is 32.8 Å². The number of aryl methyl sites for hydroxylation is 1. The minimum absolute atomic E-state index is 0.0509. The highest BCUT2D eigenvalue weighted by Gasteiger charge is 2.34. The molecule has 0 radical (unpaired) electrons. The van der Waals surface area contributed by atoms with Crippen LogP contribution >= 0.6 is 0 Å². The van der Waals surface area contributed by atoms with Gasteiger partial charge in [0.25, 0.3) is 0 Å². The molecule has 1 aliphatic heterocycles. The highest BCUT2D eigenvalue weighted by molar-refractivity contribution is 5.48. The van der Waals surface area contributed by atoms with E-state index in [9.17, 15) is 0 Å². The lowest BCUT2D eigenvalue weighted by Gasteiger charge is -2.38. The fraction of sp³-hybridized carbons (Fsp3) is 0.400. The Balaban J connectivity index is 2.02. The first-order valence-electron chi connectivity index (χ1n) is 6.44. The third kappa shape index (κ3) is 1.70. The summed E-state index contributed by atoms with van der Waals surface area (Å²) in [6.45, 7) is 6.61. The van der Waals surface area contributed by atoms with E-state index in [-0.39, 0.29) is 5.54 Å². The SMILES string of the molecule is Cc1cnn2c1NC(c1ccccc1)CC2(C)C. The summed E-state index contributed by atoms with van der Waals surface area (Å²) in [7, 11) is 0. The van der Waals surface area contributed by atoms with Gasteiger partial charge in [-0.3, -0.25) is 0 Å². The molecule has 0 spiro atoms. The van der Waals surface area contributed by atoms with Gasteiger partial charge in [-0.25, -0.2) is 4.68 Å². The molecule has 2 heterocycles. The topological polar surface area (TPSA) is 29.9 Å². The lowest BCUT2D eigenvalue weighted by molar-refractivity contribution is 0.263. The van der Waals surface area contributed by atoms with Crippen molar-refractivity contribution in [1.29, 1.82) is 0 Å². The van der Waals surface area contributed by atoms with Crippen LogP contribution in [0.3, 0.4) is 0 Å². The van der Waals surface area contributed by atoms with Crippen molar-refractivity contribution in [3.8, 4) is 0 Å². The first kappa shape index (κ1) is 11.3. The van der Waals surface area contributed by atoms with Crippen LogP contribution in [0.25, 0.3) is 0 Å². The van der Waals surface area contributed by atoms with Gasteiger partial charge in [0, 0.05) is 5.56 Å². The summed E-state index contributed by atoms with van der Waals surface area (Å²) < 4.78 is 2.11. The van der Waals surface area contributed by atoms with Gasteiger partial charge in [0.2, 0.25) is 0 Å². The first-order valence-corrected chi connectivity index (χ1v) is 6.44. The van der Waals surface area contributed by atoms with Crippen molar-refractivity contribution in [1.82, 2.24) is 9.78 Å². The van der Waals surface area contributed by atoms with Crippen LogP contribution in [0, 0.1) is 6.92 Å². The van der Waals surface area contributed by atoms with Crippen LogP contribution in [0.5, 0.6) is 0 Å². The zero-order valence-corrected chi connectivity index (χ0v) is 11.1. The molecule has 0 aliphatic carbocycles. The molecule has 1 unspecified atom stereocenters. The van der Waals surface area contributed by atoms with Gasteiger partial charge >= 0.3 is 0 Å². The molecule has 94 valence electrons. The van der Waals surface area contributed by atoms with E-state index in [0.29, 0.717) is 6.04 Å². The van der Waals surface area contributed by atoms with Gasteiger partial charge in [-0.2, -0.15) is 5.10 Å². The van der Waals surface area contributed by atoms with Crippen LogP contribution in [0.15, 0.2) is 36.5 Å². The summed E-state index contributed by atoms with van der Waals surface area (Å²) in [6.07, 6.45) is 2.99. The molecule has 3 heteroatoms. The Hall–Kier alpha value is -1.77. The molecule has 3 rings (SSSR count). The molecule has 0 saturated heterocycles. The molecule has 0 fully saturated rings. The third-order valence-electron chi connectivity index (χ3n) is 3.74. The molecule has 1 atom stereocenters. The number of benzene rings is 1. The zero-order valence-electron chi connectivity index (χ0n) is 11.1. The normalized spacial score (nSPS) is 21.2. The first-order chi connectivity index (χ1) is 8.58. The van der Waals surface area contributed by atoms with Crippen molar-refractivity contribution in [2.45, 2.75) is 38.8 Å². The average Bonchev–Trinajstić information content (AvgIpc) is 2.73. The molecule has 1 aromatic carbocycles. The summed E-state index contributed by atoms with van der Waals surface area (Å²) >= 11 is 0. The second-order valence-electron chi connectivity index (χ2n) is 5.71. The van der Waals surface area contributed by atoms with E-state index in [0.717, 1.165) is 12.2 Å². The fourth-order valence-corrected chi connectivity index (χ4v) is 2.75. The number of fused-ring (bicyclic) bond motifs is 1. The number of hydrogen-bond acceptors (Lipinski definition) is 2. The van der Waals surface area contributed by atoms with E-state index in [1.165, 1.54) is 11.1 Å². The molecule has 3 nitrogen and oxygen atoms in total. The van der Waals surface area contributed by atoms with Crippen molar-refractivity contribution in [2.75, 3.05) is 5.32 Å². The number of nitrogens with zero attached hydrogens (tertiary/aromatic N) is 2.